The molecule has 1 aliphatic carbocycles. The second-order valence-corrected chi connectivity index (χ2v) is 6.02. The van der Waals surface area contributed by atoms with Gasteiger partial charge >= 0.3 is 0 Å². The van der Waals surface area contributed by atoms with Crippen LogP contribution in [0.5, 0.6) is 0 Å². The second kappa shape index (κ2) is 6.94. The minimum atomic E-state index is 0.999. The molecule has 0 N–H and O–H groups in total. The quantitative estimate of drug-likeness (QED) is 0.743. The lowest BCUT2D eigenvalue weighted by atomic mass is 9.87. The van der Waals surface area contributed by atoms with Crippen molar-refractivity contribution in [3.8, 4) is 0 Å². The maximum Gasteiger partial charge on any atom is 0.0230 e. The van der Waals surface area contributed by atoms with Gasteiger partial charge in [0.1, 0.15) is 0 Å². The van der Waals surface area contributed by atoms with Crippen LogP contribution in [0.15, 0.2) is 24.3 Å². The Balaban J connectivity index is 1.72. The summed E-state index contributed by atoms with van der Waals surface area (Å²) in [6, 6.07) is 8.88. The molecule has 1 aromatic carbocycles. The van der Waals surface area contributed by atoms with E-state index in [0.29, 0.717) is 0 Å². The number of hydrogen-bond donors (Lipinski definition) is 0. The van der Waals surface area contributed by atoms with Crippen LogP contribution in [0.3, 0.4) is 0 Å². The Hall–Kier alpha value is -0.820. The molecule has 0 heterocycles. The van der Waals surface area contributed by atoms with Gasteiger partial charge in [0, 0.05) is 6.54 Å². The summed E-state index contributed by atoms with van der Waals surface area (Å²) >= 11 is 0. The van der Waals surface area contributed by atoms with Gasteiger partial charge in [-0.3, -0.25) is 0 Å². The Morgan fingerprint density at radius 2 is 1.94 bits per heavy atom. The van der Waals surface area contributed by atoms with Gasteiger partial charge in [0.2, 0.25) is 0 Å². The molecule has 0 unspecified atom stereocenters. The predicted molar refractivity (Wildman–Crippen MR) is 78.7 cm³/mol. The second-order valence-electron chi connectivity index (χ2n) is 6.02. The summed E-state index contributed by atoms with van der Waals surface area (Å²) in [6.45, 7) is 4.51. The molecule has 1 fully saturated rings. The zero-order valence-electron chi connectivity index (χ0n) is 12.0. The molecule has 1 aromatic rings. The molecule has 1 aliphatic rings. The third-order valence-electron chi connectivity index (χ3n) is 4.18. The predicted octanol–water partition coefficient (Wildman–Crippen LogP) is 4.40. The van der Waals surface area contributed by atoms with Crippen LogP contribution in [-0.4, -0.2) is 18.5 Å². The van der Waals surface area contributed by atoms with Crippen molar-refractivity contribution in [3.63, 3.8) is 0 Å². The summed E-state index contributed by atoms with van der Waals surface area (Å²) in [5.41, 5.74) is 2.81. The summed E-state index contributed by atoms with van der Waals surface area (Å²) in [6.07, 6.45) is 8.73. The molecule has 1 saturated carbocycles. The van der Waals surface area contributed by atoms with Gasteiger partial charge in [-0.2, -0.15) is 0 Å². The van der Waals surface area contributed by atoms with Gasteiger partial charge in [-0.1, -0.05) is 61.9 Å². The first kappa shape index (κ1) is 13.6. The highest BCUT2D eigenvalue weighted by atomic mass is 15.1. The summed E-state index contributed by atoms with van der Waals surface area (Å²) in [5.74, 6) is 0.999. The summed E-state index contributed by atoms with van der Waals surface area (Å²) in [4.78, 5) is 2.48. The van der Waals surface area contributed by atoms with Crippen LogP contribution in [0.2, 0.25) is 0 Å². The zero-order chi connectivity index (χ0) is 12.8. The molecule has 0 aliphatic heterocycles. The Labute approximate surface area is 112 Å². The van der Waals surface area contributed by atoms with Crippen molar-refractivity contribution in [2.45, 2.75) is 52.0 Å². The van der Waals surface area contributed by atoms with Crippen LogP contribution in [0, 0.1) is 12.8 Å². The molecule has 1 nitrogen and oxygen atoms in total. The lowest BCUT2D eigenvalue weighted by Gasteiger charge is -2.24. The number of nitrogens with zero attached hydrogens (tertiary/aromatic N) is 1. The van der Waals surface area contributed by atoms with Crippen LogP contribution in [0.4, 0.5) is 0 Å². The fourth-order valence-electron chi connectivity index (χ4n) is 3.08. The van der Waals surface area contributed by atoms with Crippen molar-refractivity contribution >= 4 is 0 Å². The molecule has 100 valence electrons. The first-order chi connectivity index (χ1) is 8.74. The van der Waals surface area contributed by atoms with E-state index in [1.807, 2.05) is 0 Å². The molecule has 0 radical (unpaired) electrons. The van der Waals surface area contributed by atoms with E-state index in [2.05, 4.69) is 43.1 Å². The first-order valence-electron chi connectivity index (χ1n) is 7.48. The minimum Gasteiger partial charge on any atom is -0.302 e. The smallest absolute Gasteiger partial charge is 0.0230 e. The summed E-state index contributed by atoms with van der Waals surface area (Å²) < 4.78 is 0. The lowest BCUT2D eigenvalue weighted by Crippen LogP contribution is -2.22. The van der Waals surface area contributed by atoms with Crippen molar-refractivity contribution in [1.29, 1.82) is 0 Å². The van der Waals surface area contributed by atoms with Gasteiger partial charge in [-0.05, 0) is 38.4 Å². The molecule has 2 rings (SSSR count). The zero-order valence-corrected chi connectivity index (χ0v) is 12.0. The van der Waals surface area contributed by atoms with Crippen molar-refractivity contribution in [2.24, 2.45) is 5.92 Å². The largest absolute Gasteiger partial charge is 0.302 e. The van der Waals surface area contributed by atoms with Crippen LogP contribution in [0.25, 0.3) is 0 Å². The van der Waals surface area contributed by atoms with E-state index in [-0.39, 0.29) is 0 Å². The van der Waals surface area contributed by atoms with Crippen LogP contribution in [0.1, 0.15) is 49.7 Å². The monoisotopic (exact) mass is 245 g/mol. The van der Waals surface area contributed by atoms with Gasteiger partial charge in [0.05, 0.1) is 0 Å². The van der Waals surface area contributed by atoms with E-state index in [4.69, 9.17) is 0 Å². The van der Waals surface area contributed by atoms with E-state index in [0.717, 1.165) is 12.5 Å². The highest BCUT2D eigenvalue weighted by Crippen LogP contribution is 2.26. The standard InChI is InChI=1S/C17H27N/c1-15-7-6-10-17(13-15)14-18(2)12-11-16-8-4-3-5-9-16/h6-7,10,13,16H,3-5,8-9,11-12,14H2,1-2H3. The van der Waals surface area contributed by atoms with Gasteiger partial charge in [-0.25, -0.2) is 0 Å². The van der Waals surface area contributed by atoms with E-state index in [9.17, 15) is 0 Å². The van der Waals surface area contributed by atoms with Crippen LogP contribution >= 0.6 is 0 Å². The van der Waals surface area contributed by atoms with E-state index < -0.39 is 0 Å². The Morgan fingerprint density at radius 3 is 2.67 bits per heavy atom. The molecule has 0 bridgehead atoms. The number of benzene rings is 1. The Morgan fingerprint density at radius 1 is 1.17 bits per heavy atom. The van der Waals surface area contributed by atoms with Gasteiger partial charge in [0.15, 0.2) is 0 Å². The Kier molecular flexibility index (Phi) is 5.25. The fourth-order valence-corrected chi connectivity index (χ4v) is 3.08. The Bertz CT molecular complexity index is 352. The molecular weight excluding hydrogens is 218 g/mol. The summed E-state index contributed by atoms with van der Waals surface area (Å²) in [5, 5.41) is 0. The van der Waals surface area contributed by atoms with E-state index in [1.165, 1.54) is 56.2 Å². The molecule has 0 saturated heterocycles. The molecule has 1 heteroatoms. The highest BCUT2D eigenvalue weighted by molar-refractivity contribution is 5.21. The van der Waals surface area contributed by atoms with Crippen molar-refractivity contribution < 1.29 is 0 Å². The number of hydrogen-bond acceptors (Lipinski definition) is 1. The minimum absolute atomic E-state index is 0.999. The maximum atomic E-state index is 2.48. The van der Waals surface area contributed by atoms with Crippen LogP contribution < -0.4 is 0 Å². The molecule has 0 amide bonds. The molecule has 18 heavy (non-hydrogen) atoms. The fraction of sp³-hybridized carbons (Fsp3) is 0.647. The normalized spacial score (nSPS) is 17.3. The van der Waals surface area contributed by atoms with Crippen molar-refractivity contribution in [1.82, 2.24) is 4.90 Å². The van der Waals surface area contributed by atoms with Gasteiger partial charge in [0.25, 0.3) is 0 Å². The van der Waals surface area contributed by atoms with E-state index in [1.54, 1.807) is 0 Å². The van der Waals surface area contributed by atoms with Gasteiger partial charge < -0.3 is 4.90 Å². The van der Waals surface area contributed by atoms with Crippen molar-refractivity contribution in [2.75, 3.05) is 13.6 Å². The van der Waals surface area contributed by atoms with Gasteiger partial charge in [-0.15, -0.1) is 0 Å². The third-order valence-corrected chi connectivity index (χ3v) is 4.18. The number of aryl methyl sites for hydroxylation is 1. The van der Waals surface area contributed by atoms with Crippen molar-refractivity contribution in [3.05, 3.63) is 35.4 Å². The average Bonchev–Trinajstić information content (AvgIpc) is 2.38. The third kappa shape index (κ3) is 4.45. The molecule has 0 aromatic heterocycles. The van der Waals surface area contributed by atoms with Crippen LogP contribution in [-0.2, 0) is 6.54 Å². The topological polar surface area (TPSA) is 3.24 Å². The molecular formula is C17H27N. The van der Waals surface area contributed by atoms with E-state index >= 15 is 0 Å². The lowest BCUT2D eigenvalue weighted by molar-refractivity contribution is 0.260. The number of rotatable bonds is 5. The average molecular weight is 245 g/mol. The summed E-state index contributed by atoms with van der Waals surface area (Å²) in [7, 11) is 2.26. The highest BCUT2D eigenvalue weighted by Gasteiger charge is 2.13. The molecule has 0 atom stereocenters. The maximum absolute atomic E-state index is 2.48. The first-order valence-corrected chi connectivity index (χ1v) is 7.48. The SMILES string of the molecule is Cc1cccc(CN(C)CCC2CCCCC2)c1. The molecule has 0 spiro atoms.